The second kappa shape index (κ2) is 75.7. The highest BCUT2D eigenvalue weighted by Crippen LogP contribution is 2.24. The Morgan fingerprint density at radius 2 is 0.627 bits per heavy atom. The van der Waals surface area contributed by atoms with Gasteiger partial charge in [-0.15, -0.1) is 0 Å². The van der Waals surface area contributed by atoms with Crippen LogP contribution < -0.4 is 169 Å². The van der Waals surface area contributed by atoms with Gasteiger partial charge in [-0.3, -0.25) is 111 Å². The number of nitrogens with two attached hydrogens (primary N) is 10. The number of guanidine groups is 1. The smallest absolute Gasteiger partial charge is 0.243 e. The van der Waals surface area contributed by atoms with Gasteiger partial charge in [0.15, 0.2) is 5.96 Å². The minimum atomic E-state index is -1.53. The molecule has 54 nitrogen and oxygen atoms in total. The van der Waals surface area contributed by atoms with Crippen molar-refractivity contribution in [3.63, 3.8) is 0 Å². The minimum Gasteiger partial charge on any atom is -0.370 e. The van der Waals surface area contributed by atoms with Crippen molar-refractivity contribution >= 4 is 158 Å². The van der Waals surface area contributed by atoms with Crippen LogP contribution >= 0.6 is 21.6 Å². The molecule has 0 spiro atoms. The van der Waals surface area contributed by atoms with Gasteiger partial charge in [0.2, 0.25) is 130 Å². The lowest BCUT2D eigenvalue weighted by Crippen LogP contribution is -2.60. The first kappa shape index (κ1) is 136. The summed E-state index contributed by atoms with van der Waals surface area (Å²) in [5.41, 5.74) is 57.1. The van der Waals surface area contributed by atoms with E-state index < -0.39 is 265 Å². The van der Waals surface area contributed by atoms with Crippen molar-refractivity contribution in [3.05, 3.63) is 0 Å². The Bertz CT molecular complexity index is 4360. The van der Waals surface area contributed by atoms with Crippen LogP contribution in [0.3, 0.4) is 0 Å². The summed E-state index contributed by atoms with van der Waals surface area (Å²) < 4.78 is 0. The van der Waals surface area contributed by atoms with E-state index in [1.54, 1.807) is 55.4 Å². The van der Waals surface area contributed by atoms with Crippen LogP contribution in [0, 0.1) is 29.1 Å². The van der Waals surface area contributed by atoms with Crippen LogP contribution in [0.5, 0.6) is 0 Å². The first-order valence-electron chi connectivity index (χ1n) is 51.6. The SMILES string of the molecule is CC(C)C[C@@H](NC(=O)[C@@H](CCCCN)NC(=O)CNC(=O)CNC(=O)C1CSSC[C@H](N)C(=O)NC(CC(N)=O)C(=O)NCC(=O)NC(CCCNC(=N)N)C(=O)N1)C(=O)N[C@H](C)C(=O)N[C@H](CCCCN)C(=O)N[C@H](CC(C)C)C(=O)N[C@H](C)C(=O)N[C@H](CCCCN)C(=O)N[C@H](CCCCN)C(=O)N[C@H](CC(C)C)C(=O)N[C@H](C)C(=O)N[C@H](CCCCN)C(=O)N[C@H](CC(C)C)C(=O)N[C@H](C)C(=O)N[C@H](CCCCN)C(N)=O. The van der Waals surface area contributed by atoms with E-state index in [-0.39, 0.29) is 177 Å². The largest absolute Gasteiger partial charge is 0.370 e. The van der Waals surface area contributed by atoms with E-state index in [0.717, 1.165) is 21.6 Å². The zero-order valence-corrected chi connectivity index (χ0v) is 90.6. The summed E-state index contributed by atoms with van der Waals surface area (Å²) in [5.74, 6) is -20.5. The third-order valence-corrected chi connectivity index (χ3v) is 25.8. The molecule has 22 amide bonds. The molecule has 0 aliphatic carbocycles. The Morgan fingerprint density at radius 3 is 0.947 bits per heavy atom. The quantitative estimate of drug-likeness (QED) is 0.0116. The molecule has 0 bridgehead atoms. The number of amides is 22. The number of nitrogens with one attached hydrogen (secondary N) is 22. The lowest BCUT2D eigenvalue weighted by atomic mass is 10.0. The van der Waals surface area contributed by atoms with Crippen LogP contribution in [0.25, 0.3) is 0 Å². The first-order chi connectivity index (χ1) is 70.8. The van der Waals surface area contributed by atoms with Crippen molar-refractivity contribution < 1.29 is 105 Å². The average Bonchev–Trinajstić information content (AvgIpc) is 0.865. The van der Waals surface area contributed by atoms with Gasteiger partial charge in [0.05, 0.1) is 32.1 Å². The Kier molecular flexibility index (Phi) is 68.6. The maximum absolute atomic E-state index is 14.6. The molecule has 0 saturated carbocycles. The molecule has 1 aliphatic heterocycles. The fourth-order valence-corrected chi connectivity index (χ4v) is 17.3. The molecule has 3 unspecified atom stereocenters. The molecule has 1 saturated heterocycles. The van der Waals surface area contributed by atoms with E-state index >= 15 is 0 Å². The highest BCUT2D eigenvalue weighted by Gasteiger charge is 2.40. The number of rotatable bonds is 71. The number of unbranched alkanes of at least 4 members (excludes halogenated alkanes) is 6. The van der Waals surface area contributed by atoms with Crippen LogP contribution in [-0.2, 0) is 105 Å². The van der Waals surface area contributed by atoms with Gasteiger partial charge in [-0.05, 0) is 245 Å². The molecule has 1 rings (SSSR count). The van der Waals surface area contributed by atoms with Crippen molar-refractivity contribution in [2.24, 2.45) is 81.0 Å². The summed E-state index contributed by atoms with van der Waals surface area (Å²) in [6.07, 6.45) is 4.24. The molecule has 854 valence electrons. The van der Waals surface area contributed by atoms with Gasteiger partial charge in [-0.2, -0.15) is 0 Å². The van der Waals surface area contributed by atoms with Gasteiger partial charge in [0.1, 0.15) is 103 Å². The first-order valence-corrected chi connectivity index (χ1v) is 54.1. The third-order valence-electron chi connectivity index (χ3n) is 23.4. The maximum atomic E-state index is 14.6. The fraction of sp³-hybridized carbons (Fsp3) is 0.755. The number of hydrogen-bond acceptors (Lipinski definition) is 32. The highest BCUT2D eigenvalue weighted by molar-refractivity contribution is 8.76. The van der Waals surface area contributed by atoms with E-state index in [4.69, 9.17) is 62.7 Å². The molecular formula is C94H174N32O22S2. The summed E-state index contributed by atoms with van der Waals surface area (Å²) in [5, 5.41) is 61.5. The Labute approximate surface area is 886 Å². The Hall–Kier alpha value is -12.0. The van der Waals surface area contributed by atoms with E-state index in [9.17, 15) is 105 Å². The molecule has 42 N–H and O–H groups in total. The summed E-state index contributed by atoms with van der Waals surface area (Å²) in [6, 6.07) is -24.0. The van der Waals surface area contributed by atoms with Crippen LogP contribution in [0.2, 0.25) is 0 Å². The zero-order chi connectivity index (χ0) is 113. The minimum absolute atomic E-state index is 0.00915. The molecule has 1 fully saturated rings. The maximum Gasteiger partial charge on any atom is 0.243 e. The van der Waals surface area contributed by atoms with Crippen molar-refractivity contribution in [1.82, 2.24) is 112 Å². The molecule has 0 radical (unpaired) electrons. The lowest BCUT2D eigenvalue weighted by molar-refractivity contribution is -0.136. The van der Waals surface area contributed by atoms with E-state index in [0.29, 0.717) is 64.3 Å². The van der Waals surface area contributed by atoms with Crippen LogP contribution in [0.15, 0.2) is 0 Å². The van der Waals surface area contributed by atoms with Gasteiger partial charge >= 0.3 is 0 Å². The van der Waals surface area contributed by atoms with Gasteiger partial charge < -0.3 is 169 Å². The van der Waals surface area contributed by atoms with Gasteiger partial charge in [0, 0.05) is 18.1 Å². The van der Waals surface area contributed by atoms with E-state index in [2.05, 4.69) is 112 Å². The van der Waals surface area contributed by atoms with Crippen LogP contribution in [0.4, 0.5) is 0 Å². The number of primary amides is 2. The molecule has 0 aromatic rings. The number of hydrogen-bond donors (Lipinski definition) is 32. The van der Waals surface area contributed by atoms with E-state index in [1.165, 1.54) is 27.7 Å². The van der Waals surface area contributed by atoms with Crippen molar-refractivity contribution in [2.45, 2.75) is 352 Å². The zero-order valence-electron chi connectivity index (χ0n) is 88.9. The molecule has 150 heavy (non-hydrogen) atoms. The monoisotopic (exact) mass is 2170 g/mol. The fourth-order valence-electron chi connectivity index (χ4n) is 15.0. The summed E-state index contributed by atoms with van der Waals surface area (Å²) in [7, 11) is 1.95. The van der Waals surface area contributed by atoms with E-state index in [1.807, 2.05) is 0 Å². The second-order valence-electron chi connectivity index (χ2n) is 39.0. The molecule has 0 aromatic carbocycles. The predicted molar refractivity (Wildman–Crippen MR) is 565 cm³/mol. The normalized spacial score (nSPS) is 17.5. The highest BCUT2D eigenvalue weighted by atomic mass is 33.1. The van der Waals surface area contributed by atoms with Gasteiger partial charge in [0.25, 0.3) is 0 Å². The summed E-state index contributed by atoms with van der Waals surface area (Å²) in [6.45, 7) is 18.7. The van der Waals surface area contributed by atoms with Gasteiger partial charge in [-0.25, -0.2) is 0 Å². The Balaban J connectivity index is 3.47. The lowest BCUT2D eigenvalue weighted by Gasteiger charge is -2.28. The van der Waals surface area contributed by atoms with Crippen molar-refractivity contribution in [1.29, 1.82) is 5.41 Å². The molecule has 56 heteroatoms. The van der Waals surface area contributed by atoms with Crippen LogP contribution in [-0.4, -0.2) is 322 Å². The Morgan fingerprint density at radius 1 is 0.327 bits per heavy atom. The third kappa shape index (κ3) is 57.9. The summed E-state index contributed by atoms with van der Waals surface area (Å²) >= 11 is 0. The summed E-state index contributed by atoms with van der Waals surface area (Å²) in [4.78, 5) is 303. The van der Waals surface area contributed by atoms with Crippen molar-refractivity contribution in [3.8, 4) is 0 Å². The standard InChI is InChI=1S/C94H174N32O22S2/c1-50(2)40-66(122-84(139)60(27-14-20-34-96)114-74(129)46-107-73(128)45-108-83(138)71-49-150-149-48-58(101)81(136)121-70(44-72(102)127)82(137)109-47-75(130)115-61(85(140)126-71)32-25-39-106-94(104)105)90(145)111-56(11)79(134)118-64(30-17-23-37-99)88(143)124-68(42-52(5)6)92(147)112-55(10)78(133)117-62(28-15-21-35-97)86(141)120-65(31-18-24-38-100)89(144)125-69(43-53(7)8)93(148)113-57(12)80(135)119-63(29-16-22-36-98)87(142)123-67(41-51(3)4)91(146)110-54(9)77(132)116-59(76(103)131)26-13-19-33-95/h50-71H,13-49,95-101H2,1-12H3,(H2,102,127)(H2,103,131)(H,107,128)(H,108,138)(H,109,137)(H,110,146)(H,111,145)(H,112,147)(H,113,148)(H,114,129)(H,115,130)(H,116,132)(H,117,133)(H,118,134)(H,119,135)(H,120,141)(H,121,136)(H,122,139)(H,123,142)(H,124,143)(H,125,144)(H,126,140)(H4,104,105,106)/t54-,55-,56-,57-,58+,59-,60-,61?,62-,63-,64-,65-,66-,67-,68-,69-,70?,71?/m1/s1. The predicted octanol–water partition coefficient (Wildman–Crippen LogP) is -9.04. The molecule has 1 heterocycles. The average molecular weight is 2170 g/mol. The second-order valence-corrected chi connectivity index (χ2v) is 41.6. The number of carbonyl (C=O) groups excluding carboxylic acids is 22. The van der Waals surface area contributed by atoms with Crippen molar-refractivity contribution in [2.75, 3.05) is 77.0 Å². The van der Waals surface area contributed by atoms with Gasteiger partial charge in [-0.1, -0.05) is 77.0 Å². The number of carbonyl (C=O) groups is 22. The molecular weight excluding hydrogens is 1990 g/mol. The molecule has 0 aromatic heterocycles. The molecule has 1 aliphatic rings. The topological polar surface area (TPSA) is 912 Å². The molecule has 18 atom stereocenters. The van der Waals surface area contributed by atoms with Crippen LogP contribution in [0.1, 0.15) is 244 Å².